The van der Waals surface area contributed by atoms with Gasteiger partial charge in [0.05, 0.1) is 5.75 Å². The summed E-state index contributed by atoms with van der Waals surface area (Å²) < 4.78 is 49.1. The number of thioether (sulfide) groups is 1. The van der Waals surface area contributed by atoms with Crippen molar-refractivity contribution < 1.29 is 16.8 Å². The van der Waals surface area contributed by atoms with Crippen LogP contribution in [-0.2, 0) is 19.9 Å². The summed E-state index contributed by atoms with van der Waals surface area (Å²) in [7, 11) is -6.86. The van der Waals surface area contributed by atoms with Crippen LogP contribution in [0.15, 0.2) is 0 Å². The van der Waals surface area contributed by atoms with E-state index in [1.54, 1.807) is 0 Å². The first-order valence-corrected chi connectivity index (χ1v) is 10.7. The molecule has 1 rings (SSSR count). The number of sulfonamides is 1. The third kappa shape index (κ3) is 4.11. The molecule has 1 aliphatic rings. The molecule has 0 aromatic heterocycles. The third-order valence-electron chi connectivity index (χ3n) is 3.08. The van der Waals surface area contributed by atoms with Crippen molar-refractivity contribution in [2.24, 2.45) is 5.92 Å². The average molecular weight is 315 g/mol. The molecule has 1 heterocycles. The van der Waals surface area contributed by atoms with E-state index in [2.05, 4.69) is 0 Å². The quantitative estimate of drug-likeness (QED) is 0.750. The van der Waals surface area contributed by atoms with Gasteiger partial charge >= 0.3 is 0 Å². The first-order chi connectivity index (χ1) is 8.18. The molecule has 0 radical (unpaired) electrons. The molecule has 0 unspecified atom stereocenters. The van der Waals surface area contributed by atoms with E-state index < -0.39 is 25.2 Å². The fourth-order valence-corrected chi connectivity index (χ4v) is 7.50. The smallest absolute Gasteiger partial charge is 0.215 e. The summed E-state index contributed by atoms with van der Waals surface area (Å²) in [4.78, 5) is 0. The SMILES string of the molecule is CC[C@@H](C)CS(=O)(=O)N1CCSC[C@H]1S(C)(=O)=O. The van der Waals surface area contributed by atoms with Gasteiger partial charge in [-0.1, -0.05) is 20.3 Å². The lowest BCUT2D eigenvalue weighted by atomic mass is 10.2. The Labute approximate surface area is 114 Å². The summed E-state index contributed by atoms with van der Waals surface area (Å²) in [6.07, 6.45) is 1.88. The Bertz CT molecular complexity index is 471. The van der Waals surface area contributed by atoms with Crippen LogP contribution in [0, 0.1) is 5.92 Å². The second-order valence-electron chi connectivity index (χ2n) is 4.76. The van der Waals surface area contributed by atoms with Crippen molar-refractivity contribution in [3.63, 3.8) is 0 Å². The summed E-state index contributed by atoms with van der Waals surface area (Å²) in [6.45, 7) is 4.09. The Balaban J connectivity index is 2.97. The lowest BCUT2D eigenvalue weighted by molar-refractivity contribution is 0.399. The molecule has 18 heavy (non-hydrogen) atoms. The number of nitrogens with zero attached hydrogens (tertiary/aromatic N) is 1. The number of hydrogen-bond acceptors (Lipinski definition) is 5. The third-order valence-corrected chi connectivity index (χ3v) is 8.00. The van der Waals surface area contributed by atoms with Crippen molar-refractivity contribution in [2.75, 3.05) is 30.1 Å². The Morgan fingerprint density at radius 2 is 1.94 bits per heavy atom. The minimum atomic E-state index is -3.49. The maximum Gasteiger partial charge on any atom is 0.215 e. The van der Waals surface area contributed by atoms with Gasteiger partial charge in [0.25, 0.3) is 0 Å². The zero-order valence-electron chi connectivity index (χ0n) is 11.0. The van der Waals surface area contributed by atoms with Gasteiger partial charge in [-0.15, -0.1) is 0 Å². The van der Waals surface area contributed by atoms with Crippen molar-refractivity contribution in [3.05, 3.63) is 0 Å². The summed E-state index contributed by atoms with van der Waals surface area (Å²) in [5.41, 5.74) is 0. The highest BCUT2D eigenvalue weighted by Gasteiger charge is 2.38. The Morgan fingerprint density at radius 3 is 2.44 bits per heavy atom. The van der Waals surface area contributed by atoms with Crippen molar-refractivity contribution >= 4 is 31.6 Å². The second kappa shape index (κ2) is 6.11. The van der Waals surface area contributed by atoms with E-state index in [1.807, 2.05) is 13.8 Å². The zero-order valence-corrected chi connectivity index (χ0v) is 13.4. The van der Waals surface area contributed by atoms with E-state index in [-0.39, 0.29) is 11.7 Å². The minimum Gasteiger partial charge on any atom is -0.227 e. The summed E-state index contributed by atoms with van der Waals surface area (Å²) >= 11 is 1.49. The van der Waals surface area contributed by atoms with Gasteiger partial charge in [-0.3, -0.25) is 0 Å². The lowest BCUT2D eigenvalue weighted by Crippen LogP contribution is -2.51. The maximum absolute atomic E-state index is 12.3. The molecule has 2 atom stereocenters. The number of rotatable bonds is 5. The van der Waals surface area contributed by atoms with Gasteiger partial charge in [0.15, 0.2) is 9.84 Å². The summed E-state index contributed by atoms with van der Waals surface area (Å²) in [5, 5.41) is -0.898. The Hall–Kier alpha value is 0.210. The van der Waals surface area contributed by atoms with E-state index in [0.29, 0.717) is 18.1 Å². The summed E-state index contributed by atoms with van der Waals surface area (Å²) in [6, 6.07) is 0. The first-order valence-electron chi connectivity index (χ1n) is 5.94. The van der Waals surface area contributed by atoms with Crippen molar-refractivity contribution in [2.45, 2.75) is 25.6 Å². The van der Waals surface area contributed by atoms with Crippen LogP contribution in [-0.4, -0.2) is 56.6 Å². The molecule has 0 saturated carbocycles. The van der Waals surface area contributed by atoms with E-state index in [4.69, 9.17) is 0 Å². The van der Waals surface area contributed by atoms with Gasteiger partial charge in [-0.05, 0) is 5.92 Å². The molecular formula is C10H21NO4S3. The van der Waals surface area contributed by atoms with Crippen LogP contribution in [0.5, 0.6) is 0 Å². The molecule has 1 aliphatic heterocycles. The van der Waals surface area contributed by atoms with E-state index in [0.717, 1.165) is 12.7 Å². The molecule has 0 aliphatic carbocycles. The first kappa shape index (κ1) is 16.3. The van der Waals surface area contributed by atoms with Crippen LogP contribution < -0.4 is 0 Å². The highest BCUT2D eigenvalue weighted by atomic mass is 32.2. The molecule has 0 N–H and O–H groups in total. The molecule has 8 heteroatoms. The zero-order chi connectivity index (χ0) is 14.0. The van der Waals surface area contributed by atoms with Gasteiger partial charge in [0, 0.05) is 24.3 Å². The van der Waals surface area contributed by atoms with Gasteiger partial charge < -0.3 is 0 Å². The van der Waals surface area contributed by atoms with E-state index in [9.17, 15) is 16.8 Å². The number of hydrogen-bond donors (Lipinski definition) is 0. The predicted molar refractivity (Wildman–Crippen MR) is 75.9 cm³/mol. The van der Waals surface area contributed by atoms with Crippen LogP contribution in [0.25, 0.3) is 0 Å². The van der Waals surface area contributed by atoms with Crippen molar-refractivity contribution in [3.8, 4) is 0 Å². The van der Waals surface area contributed by atoms with Crippen molar-refractivity contribution in [1.29, 1.82) is 0 Å². The largest absolute Gasteiger partial charge is 0.227 e. The van der Waals surface area contributed by atoms with Gasteiger partial charge in [0.2, 0.25) is 10.0 Å². The van der Waals surface area contributed by atoms with Crippen LogP contribution in [0.2, 0.25) is 0 Å². The fourth-order valence-electron chi connectivity index (χ4n) is 1.79. The van der Waals surface area contributed by atoms with Crippen LogP contribution in [0.3, 0.4) is 0 Å². The van der Waals surface area contributed by atoms with Crippen LogP contribution in [0.4, 0.5) is 0 Å². The van der Waals surface area contributed by atoms with Gasteiger partial charge in [-0.25, -0.2) is 16.8 Å². The maximum atomic E-state index is 12.3. The summed E-state index contributed by atoms with van der Waals surface area (Å²) in [5.74, 6) is 1.06. The molecule has 1 saturated heterocycles. The monoisotopic (exact) mass is 315 g/mol. The standard InChI is InChI=1S/C10H21NO4S3/c1-4-9(2)8-18(14,15)11-5-6-16-7-10(11)17(3,12)13/h9-10H,4-8H2,1-3H3/t9-,10-/m1/s1. The highest BCUT2D eigenvalue weighted by molar-refractivity contribution is 8.01. The second-order valence-corrected chi connectivity index (χ2v) is 10.1. The average Bonchev–Trinajstić information content (AvgIpc) is 2.27. The molecule has 5 nitrogen and oxygen atoms in total. The molecular weight excluding hydrogens is 294 g/mol. The minimum absolute atomic E-state index is 0.0280. The van der Waals surface area contributed by atoms with Gasteiger partial charge in [-0.2, -0.15) is 16.1 Å². The molecule has 0 bridgehead atoms. The number of sulfone groups is 1. The van der Waals surface area contributed by atoms with Crippen LogP contribution in [0.1, 0.15) is 20.3 Å². The Kier molecular flexibility index (Phi) is 5.52. The molecule has 1 fully saturated rings. The molecule has 0 aromatic rings. The highest BCUT2D eigenvalue weighted by Crippen LogP contribution is 2.24. The normalized spacial score (nSPS) is 24.9. The van der Waals surface area contributed by atoms with Crippen molar-refractivity contribution in [1.82, 2.24) is 4.31 Å². The lowest BCUT2D eigenvalue weighted by Gasteiger charge is -2.33. The predicted octanol–water partition coefficient (Wildman–Crippen LogP) is 0.782. The molecule has 0 aromatic carbocycles. The topological polar surface area (TPSA) is 71.5 Å². The molecule has 0 amide bonds. The van der Waals surface area contributed by atoms with Crippen LogP contribution >= 0.6 is 11.8 Å². The Morgan fingerprint density at radius 1 is 1.33 bits per heavy atom. The van der Waals surface area contributed by atoms with E-state index in [1.165, 1.54) is 16.1 Å². The molecule has 0 spiro atoms. The molecule has 108 valence electrons. The van der Waals surface area contributed by atoms with E-state index >= 15 is 0 Å². The fraction of sp³-hybridized carbons (Fsp3) is 1.00. The van der Waals surface area contributed by atoms with Gasteiger partial charge in [0.1, 0.15) is 5.37 Å².